The summed E-state index contributed by atoms with van der Waals surface area (Å²) in [5.74, 6) is 0.991. The summed E-state index contributed by atoms with van der Waals surface area (Å²) in [5.41, 5.74) is 0. The molecule has 16 heavy (non-hydrogen) atoms. The van der Waals surface area contributed by atoms with E-state index in [1.54, 1.807) is 7.11 Å². The average Bonchev–Trinajstić information content (AvgIpc) is 2.67. The zero-order chi connectivity index (χ0) is 10.3. The molecule has 3 heteroatoms. The van der Waals surface area contributed by atoms with Gasteiger partial charge in [0.2, 0.25) is 0 Å². The molecule has 0 spiro atoms. The van der Waals surface area contributed by atoms with Crippen molar-refractivity contribution in [3.8, 4) is 5.75 Å². The third-order valence-electron chi connectivity index (χ3n) is 2.71. The first-order valence-corrected chi connectivity index (χ1v) is 5.93. The Bertz CT molecular complexity index is 635. The molecular weight excluding hydrogens is 210 g/mol. The Morgan fingerprint density at radius 2 is 1.75 bits per heavy atom. The normalized spacial score (nSPS) is 10.8. The third-order valence-corrected chi connectivity index (χ3v) is 4.10. The largest absolute Gasteiger partial charge is 1.00 e. The van der Waals surface area contributed by atoms with E-state index in [1.165, 1.54) is 21.0 Å². The van der Waals surface area contributed by atoms with Crippen molar-refractivity contribution in [3.63, 3.8) is 0 Å². The third kappa shape index (κ3) is 1.66. The molecule has 2 aromatic carbocycles. The van der Waals surface area contributed by atoms with Crippen LogP contribution < -0.4 is 23.6 Å². The summed E-state index contributed by atoms with van der Waals surface area (Å²) in [6.45, 7) is 0. The molecule has 3 rings (SSSR count). The molecule has 0 saturated carbocycles. The van der Waals surface area contributed by atoms with E-state index in [1.807, 2.05) is 6.07 Å². The topological polar surface area (TPSA) is 9.23 Å². The van der Waals surface area contributed by atoms with Crippen molar-refractivity contribution in [2.45, 2.75) is 0 Å². The van der Waals surface area contributed by atoms with Crippen molar-refractivity contribution in [2.75, 3.05) is 7.11 Å². The molecule has 0 fully saturated rings. The molecule has 3 aromatic rings. The molecule has 0 N–H and O–H groups in total. The van der Waals surface area contributed by atoms with Gasteiger partial charge in [-0.25, -0.2) is 0 Å². The maximum atomic E-state index is 5.42. The van der Waals surface area contributed by atoms with Crippen LogP contribution in [0, 0.1) is 0 Å². The molecule has 76 valence electrons. The molecule has 1 atom stereocenters. The van der Waals surface area contributed by atoms with Gasteiger partial charge < -0.3 is 6.16 Å². The van der Waals surface area contributed by atoms with Gasteiger partial charge >= 0.3 is 18.9 Å². The summed E-state index contributed by atoms with van der Waals surface area (Å²) in [6, 6.07) is 14.9. The van der Waals surface area contributed by atoms with Gasteiger partial charge in [0.15, 0.2) is 0 Å². The predicted molar refractivity (Wildman–Crippen MR) is 68.6 cm³/mol. The first-order valence-electron chi connectivity index (χ1n) is 4.93. The number of ether oxygens (including phenoxy) is 1. The number of benzene rings is 2. The van der Waals surface area contributed by atoms with Gasteiger partial charge in [-0.05, 0) is 16.6 Å². The number of hydrogen-bond donors (Lipinski definition) is 0. The van der Waals surface area contributed by atoms with Gasteiger partial charge in [0.1, 0.15) is 5.75 Å². The van der Waals surface area contributed by atoms with Crippen LogP contribution in [0.25, 0.3) is 21.0 Å². The molecule has 1 unspecified atom stereocenters. The van der Waals surface area contributed by atoms with E-state index in [2.05, 4.69) is 36.4 Å². The monoisotopic (exact) mass is 222 g/mol. The van der Waals surface area contributed by atoms with Crippen LogP contribution in [0.2, 0.25) is 0 Å². The molecule has 0 aliphatic rings. The first kappa shape index (κ1) is 11.6. The zero-order valence-electron chi connectivity index (χ0n) is 10.4. The van der Waals surface area contributed by atoms with E-state index >= 15 is 0 Å². The van der Waals surface area contributed by atoms with Crippen LogP contribution in [0.3, 0.4) is 0 Å². The maximum absolute atomic E-state index is 5.42. The van der Waals surface area contributed by atoms with Crippen molar-refractivity contribution in [1.29, 1.82) is 0 Å². The van der Waals surface area contributed by atoms with Crippen molar-refractivity contribution in [1.82, 2.24) is 0 Å². The standard InChI is InChI=1S/C13H11OP.Li.H/c1-14-10-6-4-8-12-13(10)9-5-2-3-7-11(9)15-12;;/h2-8,15H,1H3;;/q;+1;-1. The van der Waals surface area contributed by atoms with Gasteiger partial charge in [0.25, 0.3) is 0 Å². The van der Waals surface area contributed by atoms with Crippen molar-refractivity contribution in [3.05, 3.63) is 42.5 Å². The van der Waals surface area contributed by atoms with Gasteiger partial charge in [-0.15, -0.1) is 8.19 Å². The fourth-order valence-electron chi connectivity index (χ4n) is 2.04. The van der Waals surface area contributed by atoms with E-state index in [0.29, 0.717) is 0 Å². The molecule has 0 aliphatic carbocycles. The van der Waals surface area contributed by atoms with Crippen LogP contribution in [0.15, 0.2) is 42.5 Å². The molecule has 0 aliphatic heterocycles. The summed E-state index contributed by atoms with van der Waals surface area (Å²) in [6.07, 6.45) is 0. The summed E-state index contributed by atoms with van der Waals surface area (Å²) in [4.78, 5) is 0. The van der Waals surface area contributed by atoms with Gasteiger partial charge in [-0.3, -0.25) is 0 Å². The summed E-state index contributed by atoms with van der Waals surface area (Å²) >= 11 is 0. The van der Waals surface area contributed by atoms with Gasteiger partial charge in [0, 0.05) is 10.5 Å². The minimum atomic E-state index is 0. The molecule has 1 heterocycles. The average molecular weight is 222 g/mol. The maximum Gasteiger partial charge on any atom is 1.00 e. The van der Waals surface area contributed by atoms with Crippen molar-refractivity contribution < 1.29 is 25.0 Å². The summed E-state index contributed by atoms with van der Waals surface area (Å²) in [5, 5.41) is 5.45. The Hall–Kier alpha value is -0.863. The van der Waals surface area contributed by atoms with E-state index in [4.69, 9.17) is 4.74 Å². The van der Waals surface area contributed by atoms with E-state index in [0.717, 1.165) is 13.9 Å². The van der Waals surface area contributed by atoms with Crippen LogP contribution in [-0.4, -0.2) is 7.11 Å². The minimum Gasteiger partial charge on any atom is -1.00 e. The Morgan fingerprint density at radius 1 is 1.00 bits per heavy atom. The van der Waals surface area contributed by atoms with Crippen molar-refractivity contribution in [2.24, 2.45) is 0 Å². The number of fused-ring (bicyclic) bond motifs is 3. The molecule has 0 radical (unpaired) electrons. The quantitative estimate of drug-likeness (QED) is 0.561. The Morgan fingerprint density at radius 3 is 2.56 bits per heavy atom. The smallest absolute Gasteiger partial charge is 1.00 e. The fraction of sp³-hybridized carbons (Fsp3) is 0.0769. The predicted octanol–water partition coefficient (Wildman–Crippen LogP) is 1.15. The second-order valence-electron chi connectivity index (χ2n) is 3.55. The van der Waals surface area contributed by atoms with Crippen LogP contribution >= 0.6 is 8.19 Å². The second-order valence-corrected chi connectivity index (χ2v) is 4.88. The number of rotatable bonds is 1. The zero-order valence-corrected chi connectivity index (χ0v) is 10.4. The molecule has 1 aromatic heterocycles. The van der Waals surface area contributed by atoms with Crippen LogP contribution in [-0.2, 0) is 0 Å². The van der Waals surface area contributed by atoms with E-state index in [9.17, 15) is 0 Å². The van der Waals surface area contributed by atoms with Crippen LogP contribution in [0.5, 0.6) is 5.75 Å². The number of methoxy groups -OCH3 is 1. The summed E-state index contributed by atoms with van der Waals surface area (Å²) in [7, 11) is 2.51. The van der Waals surface area contributed by atoms with E-state index in [-0.39, 0.29) is 20.3 Å². The van der Waals surface area contributed by atoms with Gasteiger partial charge in [-0.2, -0.15) is 0 Å². The Labute approximate surface area is 110 Å². The van der Waals surface area contributed by atoms with Gasteiger partial charge in [0.05, 0.1) is 7.11 Å². The molecular formula is C13H12LiOP. The van der Waals surface area contributed by atoms with Crippen LogP contribution in [0.4, 0.5) is 0 Å². The number of hydrogen-bond acceptors (Lipinski definition) is 1. The summed E-state index contributed by atoms with van der Waals surface area (Å²) < 4.78 is 5.42. The Kier molecular flexibility index (Phi) is 3.31. The van der Waals surface area contributed by atoms with Gasteiger partial charge in [-0.1, -0.05) is 36.4 Å². The van der Waals surface area contributed by atoms with E-state index < -0.39 is 0 Å². The molecule has 0 saturated heterocycles. The Balaban J connectivity index is 0.000000722. The van der Waals surface area contributed by atoms with Crippen molar-refractivity contribution >= 4 is 29.2 Å². The first-order chi connectivity index (χ1) is 7.40. The SMILES string of the molecule is COc1cccc2[pH]c3ccccc3c12.[H-].[Li+]. The molecule has 1 nitrogen and oxygen atoms in total. The molecule has 0 bridgehead atoms. The van der Waals surface area contributed by atoms with Crippen LogP contribution in [0.1, 0.15) is 1.43 Å². The minimum absolute atomic E-state index is 0. The molecule has 0 amide bonds. The fourth-order valence-corrected chi connectivity index (χ4v) is 3.41. The second kappa shape index (κ2) is 4.56.